The van der Waals surface area contributed by atoms with Crippen molar-refractivity contribution in [3.8, 4) is 11.3 Å². The van der Waals surface area contributed by atoms with Crippen LogP contribution in [0.2, 0.25) is 0 Å². The zero-order valence-corrected chi connectivity index (χ0v) is 18.4. The van der Waals surface area contributed by atoms with E-state index in [-0.39, 0.29) is 5.95 Å². The van der Waals surface area contributed by atoms with Gasteiger partial charge < -0.3 is 15.5 Å². The van der Waals surface area contributed by atoms with E-state index in [9.17, 15) is 0 Å². The van der Waals surface area contributed by atoms with Crippen molar-refractivity contribution in [2.24, 2.45) is 5.92 Å². The molecule has 30 heavy (non-hydrogen) atoms. The van der Waals surface area contributed by atoms with Gasteiger partial charge in [-0.2, -0.15) is 4.98 Å². The summed E-state index contributed by atoms with van der Waals surface area (Å²) in [6.45, 7) is 12.2. The first-order valence-corrected chi connectivity index (χ1v) is 11.1. The van der Waals surface area contributed by atoms with Crippen molar-refractivity contribution in [3.05, 3.63) is 18.5 Å². The summed E-state index contributed by atoms with van der Waals surface area (Å²) in [5, 5.41) is 0. The molecule has 8 nitrogen and oxygen atoms in total. The van der Waals surface area contributed by atoms with Crippen molar-refractivity contribution in [2.45, 2.75) is 64.7 Å². The Morgan fingerprint density at radius 3 is 2.33 bits per heavy atom. The van der Waals surface area contributed by atoms with E-state index in [1.807, 2.05) is 0 Å². The van der Waals surface area contributed by atoms with Crippen LogP contribution in [0.1, 0.15) is 40.5 Å². The summed E-state index contributed by atoms with van der Waals surface area (Å²) in [6, 6.07) is 4.09. The number of hydrogen-bond acceptors (Lipinski definition) is 8. The molecule has 3 saturated heterocycles. The van der Waals surface area contributed by atoms with E-state index in [0.717, 1.165) is 48.6 Å². The minimum atomic E-state index is 0.279. The number of fused-ring (bicyclic) bond motifs is 1. The summed E-state index contributed by atoms with van der Waals surface area (Å²) in [5.74, 6) is 2.93. The van der Waals surface area contributed by atoms with E-state index in [1.54, 1.807) is 12.4 Å². The quantitative estimate of drug-likeness (QED) is 0.825. The Labute approximate surface area is 178 Å². The van der Waals surface area contributed by atoms with Crippen molar-refractivity contribution in [1.29, 1.82) is 0 Å². The number of rotatable bonds is 4. The minimum Gasteiger partial charge on any atom is -0.368 e. The number of piperazine rings is 1. The lowest BCUT2D eigenvalue weighted by Crippen LogP contribution is -2.58. The van der Waals surface area contributed by atoms with E-state index < -0.39 is 0 Å². The average Bonchev–Trinajstić information content (AvgIpc) is 3.31. The third-order valence-electron chi connectivity index (χ3n) is 7.02. The molecule has 2 aromatic heterocycles. The molecule has 0 spiro atoms. The van der Waals surface area contributed by atoms with Crippen LogP contribution in [-0.4, -0.2) is 68.6 Å². The van der Waals surface area contributed by atoms with Gasteiger partial charge in [-0.1, -0.05) is 0 Å². The lowest BCUT2D eigenvalue weighted by atomic mass is 9.86. The molecule has 4 aliphatic rings. The summed E-state index contributed by atoms with van der Waals surface area (Å²) in [7, 11) is 0. The second-order valence-corrected chi connectivity index (χ2v) is 9.53. The molecule has 0 unspecified atom stereocenters. The van der Waals surface area contributed by atoms with Crippen molar-refractivity contribution in [3.63, 3.8) is 0 Å². The largest absolute Gasteiger partial charge is 0.368 e. The maximum absolute atomic E-state index is 5.70. The van der Waals surface area contributed by atoms with Gasteiger partial charge in [-0.15, -0.1) is 0 Å². The van der Waals surface area contributed by atoms with Crippen LogP contribution in [0.15, 0.2) is 18.5 Å². The Morgan fingerprint density at radius 2 is 1.70 bits per heavy atom. The molecular weight excluding hydrogens is 376 g/mol. The molecule has 2 aromatic rings. The molecule has 0 aromatic carbocycles. The van der Waals surface area contributed by atoms with Crippen LogP contribution in [0, 0.1) is 5.92 Å². The molecule has 1 saturated carbocycles. The molecule has 8 heteroatoms. The van der Waals surface area contributed by atoms with Gasteiger partial charge in [-0.25, -0.2) is 15.0 Å². The van der Waals surface area contributed by atoms with Crippen molar-refractivity contribution >= 4 is 17.7 Å². The van der Waals surface area contributed by atoms with Gasteiger partial charge in [0.2, 0.25) is 11.9 Å². The Kier molecular flexibility index (Phi) is 4.76. The lowest BCUT2D eigenvalue weighted by molar-refractivity contribution is 0.128. The zero-order valence-electron chi connectivity index (χ0n) is 18.4. The van der Waals surface area contributed by atoms with E-state index in [0.29, 0.717) is 24.2 Å². The fraction of sp³-hybridized carbons (Fsp3) is 0.636. The molecule has 6 rings (SSSR count). The summed E-state index contributed by atoms with van der Waals surface area (Å²) in [5.41, 5.74) is 7.44. The van der Waals surface area contributed by atoms with Crippen LogP contribution >= 0.6 is 0 Å². The molecule has 0 radical (unpaired) electrons. The van der Waals surface area contributed by atoms with Crippen LogP contribution in [0.25, 0.3) is 11.3 Å². The highest BCUT2D eigenvalue weighted by atomic mass is 15.4. The number of hydrogen-bond donors (Lipinski definition) is 1. The van der Waals surface area contributed by atoms with Gasteiger partial charge in [0, 0.05) is 67.8 Å². The SMILES string of the molecule is CC(C)N1C[C@H](C)N(c2cc(-c3cnc(N)nc3)nc(N3CC4CC3C4)n2)C[C@@H]1C. The van der Waals surface area contributed by atoms with Crippen LogP contribution in [0.5, 0.6) is 0 Å². The van der Waals surface area contributed by atoms with Gasteiger partial charge in [-0.05, 0) is 46.5 Å². The first kappa shape index (κ1) is 19.5. The monoisotopic (exact) mass is 408 g/mol. The number of nitrogens with zero attached hydrogens (tertiary/aromatic N) is 7. The van der Waals surface area contributed by atoms with E-state index >= 15 is 0 Å². The Bertz CT molecular complexity index is 908. The van der Waals surface area contributed by atoms with Gasteiger partial charge in [0.05, 0.1) is 5.69 Å². The van der Waals surface area contributed by atoms with E-state index in [4.69, 9.17) is 15.7 Å². The van der Waals surface area contributed by atoms with Gasteiger partial charge in [-0.3, -0.25) is 4.90 Å². The second-order valence-electron chi connectivity index (χ2n) is 9.53. The fourth-order valence-electron chi connectivity index (χ4n) is 5.28. The summed E-state index contributed by atoms with van der Waals surface area (Å²) in [4.78, 5) is 25.8. The van der Waals surface area contributed by atoms with Crippen LogP contribution in [0.3, 0.4) is 0 Å². The second kappa shape index (κ2) is 7.34. The summed E-state index contributed by atoms with van der Waals surface area (Å²) in [6.07, 6.45) is 6.05. The predicted molar refractivity (Wildman–Crippen MR) is 119 cm³/mol. The highest BCUT2D eigenvalue weighted by Gasteiger charge is 2.44. The molecule has 2 atom stereocenters. The van der Waals surface area contributed by atoms with Crippen molar-refractivity contribution < 1.29 is 0 Å². The predicted octanol–water partition coefficient (Wildman–Crippen LogP) is 2.42. The number of nitrogens with two attached hydrogens (primary N) is 1. The molecule has 4 fully saturated rings. The normalized spacial score (nSPS) is 28.8. The van der Waals surface area contributed by atoms with Gasteiger partial charge in [0.15, 0.2) is 0 Å². The van der Waals surface area contributed by atoms with Crippen LogP contribution < -0.4 is 15.5 Å². The number of nitrogen functional groups attached to an aromatic ring is 1. The maximum Gasteiger partial charge on any atom is 0.228 e. The Hall–Kier alpha value is -2.48. The molecule has 3 aliphatic heterocycles. The zero-order chi connectivity index (χ0) is 21.0. The van der Waals surface area contributed by atoms with Crippen molar-refractivity contribution in [2.75, 3.05) is 35.2 Å². The lowest BCUT2D eigenvalue weighted by Gasteiger charge is -2.46. The van der Waals surface area contributed by atoms with E-state index in [1.165, 1.54) is 12.8 Å². The average molecular weight is 409 g/mol. The number of anilines is 3. The smallest absolute Gasteiger partial charge is 0.228 e. The molecule has 2 N–H and O–H groups in total. The highest BCUT2D eigenvalue weighted by Crippen LogP contribution is 2.43. The number of aromatic nitrogens is 4. The first-order chi connectivity index (χ1) is 14.4. The Morgan fingerprint density at radius 1 is 0.967 bits per heavy atom. The Balaban J connectivity index is 1.52. The van der Waals surface area contributed by atoms with Gasteiger partial charge >= 0.3 is 0 Å². The van der Waals surface area contributed by atoms with Crippen LogP contribution in [0.4, 0.5) is 17.7 Å². The van der Waals surface area contributed by atoms with Crippen molar-refractivity contribution in [1.82, 2.24) is 24.8 Å². The first-order valence-electron chi connectivity index (χ1n) is 11.1. The molecule has 160 valence electrons. The fourth-order valence-corrected chi connectivity index (χ4v) is 5.28. The van der Waals surface area contributed by atoms with Crippen LogP contribution in [-0.2, 0) is 0 Å². The molecule has 5 heterocycles. The minimum absolute atomic E-state index is 0.279. The molecule has 0 amide bonds. The standard InChI is InChI=1S/C22H32N8/c1-13(2)28-10-15(4)29(11-14(28)3)20-7-19(17-8-24-21(23)25-9-17)26-22(27-20)30-12-16-5-18(30)6-16/h7-9,13-16,18H,5-6,10-12H2,1-4H3,(H2,23,24,25)/t14-,15-,16?,18?/m0/s1. The summed E-state index contributed by atoms with van der Waals surface area (Å²) >= 11 is 0. The topological polar surface area (TPSA) is 87.3 Å². The molecule has 1 aliphatic carbocycles. The summed E-state index contributed by atoms with van der Waals surface area (Å²) < 4.78 is 0. The third-order valence-corrected chi connectivity index (χ3v) is 7.02. The third kappa shape index (κ3) is 3.37. The maximum atomic E-state index is 5.70. The molecule has 2 bridgehead atoms. The molecular formula is C22H32N8. The van der Waals surface area contributed by atoms with Gasteiger partial charge in [0.1, 0.15) is 5.82 Å². The highest BCUT2D eigenvalue weighted by molar-refractivity contribution is 5.65. The van der Waals surface area contributed by atoms with Gasteiger partial charge in [0.25, 0.3) is 0 Å². The van der Waals surface area contributed by atoms with E-state index in [2.05, 4.69) is 58.4 Å².